The van der Waals surface area contributed by atoms with Gasteiger partial charge in [-0.25, -0.2) is 4.98 Å². The van der Waals surface area contributed by atoms with Crippen LogP contribution in [0.4, 0.5) is 0 Å². The number of rotatable bonds is 4. The minimum absolute atomic E-state index is 0.197. The molecule has 0 aliphatic rings. The molecule has 0 saturated heterocycles. The summed E-state index contributed by atoms with van der Waals surface area (Å²) in [7, 11) is 1.33. The molecule has 1 aromatic heterocycles. The second-order valence-electron chi connectivity index (χ2n) is 5.11. The van der Waals surface area contributed by atoms with Gasteiger partial charge in [-0.1, -0.05) is 17.7 Å². The molecule has 2 rings (SSSR count). The summed E-state index contributed by atoms with van der Waals surface area (Å²) in [5.74, 6) is -2.13. The Kier molecular flexibility index (Phi) is 4.90. The van der Waals surface area contributed by atoms with Crippen molar-refractivity contribution in [1.82, 2.24) is 9.79 Å². The molecule has 8 heteroatoms. The van der Waals surface area contributed by atoms with Crippen molar-refractivity contribution in [3.8, 4) is 16.9 Å². The molecule has 0 atom stereocenters. The lowest BCUT2D eigenvalue weighted by atomic mass is 10.0. The lowest BCUT2D eigenvalue weighted by Crippen LogP contribution is -2.33. The summed E-state index contributed by atoms with van der Waals surface area (Å²) >= 11 is 5.98. The van der Waals surface area contributed by atoms with Gasteiger partial charge in [0.2, 0.25) is 7.98 Å². The second-order valence-corrected chi connectivity index (χ2v) is 5.54. The van der Waals surface area contributed by atoms with E-state index in [-0.39, 0.29) is 11.4 Å². The summed E-state index contributed by atoms with van der Waals surface area (Å²) in [6, 6.07) is 6.75. The Morgan fingerprint density at radius 1 is 1.35 bits per heavy atom. The molecule has 1 heterocycles. The van der Waals surface area contributed by atoms with Crippen LogP contribution in [-0.2, 0) is 4.79 Å². The quantitative estimate of drug-likeness (QED) is 0.828. The maximum atomic E-state index is 12.1. The number of amides is 1. The highest BCUT2D eigenvalue weighted by Crippen LogP contribution is 2.29. The van der Waals surface area contributed by atoms with Crippen molar-refractivity contribution >= 4 is 31.5 Å². The highest BCUT2D eigenvalue weighted by Gasteiger charge is 2.19. The molecular formula is C15H14BClN2O4. The summed E-state index contributed by atoms with van der Waals surface area (Å²) in [5, 5.41) is 19.3. The molecule has 0 spiro atoms. The van der Waals surface area contributed by atoms with E-state index in [1.807, 2.05) is 13.0 Å². The number of pyridine rings is 1. The average Bonchev–Trinajstić information content (AvgIpc) is 2.48. The summed E-state index contributed by atoms with van der Waals surface area (Å²) in [6.07, 6.45) is 1.44. The van der Waals surface area contributed by atoms with Gasteiger partial charge in [0.1, 0.15) is 12.3 Å². The van der Waals surface area contributed by atoms with Gasteiger partial charge < -0.3 is 15.0 Å². The van der Waals surface area contributed by atoms with E-state index in [1.165, 1.54) is 20.2 Å². The molecule has 0 aliphatic carbocycles. The van der Waals surface area contributed by atoms with Gasteiger partial charge >= 0.3 is 5.97 Å². The summed E-state index contributed by atoms with van der Waals surface area (Å²) in [5.41, 5.74) is 2.15. The molecule has 0 unspecified atom stereocenters. The molecule has 2 N–H and O–H groups in total. The van der Waals surface area contributed by atoms with Crippen LogP contribution < -0.4 is 0 Å². The third-order valence-corrected chi connectivity index (χ3v) is 3.53. The van der Waals surface area contributed by atoms with E-state index in [2.05, 4.69) is 4.98 Å². The topological polar surface area (TPSA) is 90.7 Å². The Balaban J connectivity index is 2.36. The van der Waals surface area contributed by atoms with E-state index in [1.54, 1.807) is 12.1 Å². The number of carbonyl (C=O) groups is 2. The van der Waals surface area contributed by atoms with Crippen LogP contribution >= 0.6 is 11.6 Å². The number of carboxylic acids is 1. The number of hydrogen-bond acceptors (Lipinski definition) is 4. The van der Waals surface area contributed by atoms with Crippen LogP contribution in [0.25, 0.3) is 11.1 Å². The number of carboxylic acid groups (broad SMARTS) is 1. The van der Waals surface area contributed by atoms with Crippen LogP contribution in [0.3, 0.4) is 0 Å². The molecule has 0 fully saturated rings. The molecule has 0 radical (unpaired) electrons. The minimum Gasteiger partial charge on any atom is -0.505 e. The van der Waals surface area contributed by atoms with Crippen LogP contribution in [-0.4, -0.2) is 46.4 Å². The Bertz CT molecular complexity index is 782. The molecule has 118 valence electrons. The highest BCUT2D eigenvalue weighted by atomic mass is 35.5. The minimum atomic E-state index is -1.15. The van der Waals surface area contributed by atoms with E-state index in [9.17, 15) is 14.7 Å². The standard InChI is InChI=1S/C15H14BClN2O4/c1-8-2-3-10(17)5-11(8)9-4-12(20)14(18-6-9)15(23)19(16)7-13(21)22/h2-6,20H,7,16H2,1H3,(H,21,22). The van der Waals surface area contributed by atoms with E-state index >= 15 is 0 Å². The Morgan fingerprint density at radius 2 is 2.04 bits per heavy atom. The first-order chi connectivity index (χ1) is 10.8. The normalized spacial score (nSPS) is 10.3. The number of aromatic nitrogens is 1. The first-order valence-electron chi connectivity index (χ1n) is 6.72. The maximum absolute atomic E-state index is 12.1. The molecule has 0 aliphatic heterocycles. The molecule has 0 saturated carbocycles. The van der Waals surface area contributed by atoms with Gasteiger partial charge in [0.15, 0.2) is 5.69 Å². The molecule has 0 bridgehead atoms. The first kappa shape index (κ1) is 16.8. The van der Waals surface area contributed by atoms with Crippen molar-refractivity contribution in [1.29, 1.82) is 0 Å². The number of hydrogen-bond donors (Lipinski definition) is 2. The Morgan fingerprint density at radius 3 is 2.65 bits per heavy atom. The number of aryl methyl sites for hydroxylation is 1. The predicted octanol–water partition coefficient (Wildman–Crippen LogP) is 1.49. The number of aliphatic carboxylic acids is 1. The number of nitrogens with zero attached hydrogens (tertiary/aromatic N) is 2. The summed E-state index contributed by atoms with van der Waals surface area (Å²) in [6.45, 7) is 1.41. The third-order valence-electron chi connectivity index (χ3n) is 3.30. The second kappa shape index (κ2) is 6.70. The SMILES string of the molecule is BN(CC(=O)O)C(=O)c1ncc(-c2cc(Cl)ccc2C)cc1O. The fourth-order valence-electron chi connectivity index (χ4n) is 2.13. The van der Waals surface area contributed by atoms with Crippen molar-refractivity contribution in [2.45, 2.75) is 6.92 Å². The van der Waals surface area contributed by atoms with Gasteiger partial charge in [0.05, 0.1) is 0 Å². The monoisotopic (exact) mass is 332 g/mol. The predicted molar refractivity (Wildman–Crippen MR) is 88.3 cm³/mol. The average molecular weight is 333 g/mol. The fourth-order valence-corrected chi connectivity index (χ4v) is 2.30. The van der Waals surface area contributed by atoms with E-state index in [0.717, 1.165) is 15.9 Å². The zero-order valence-electron chi connectivity index (χ0n) is 12.6. The molecule has 1 aromatic carbocycles. The lowest BCUT2D eigenvalue weighted by molar-refractivity contribution is -0.136. The molecule has 6 nitrogen and oxygen atoms in total. The van der Waals surface area contributed by atoms with Gasteiger partial charge in [-0.15, -0.1) is 0 Å². The van der Waals surface area contributed by atoms with Crippen LogP contribution in [0.15, 0.2) is 30.5 Å². The largest absolute Gasteiger partial charge is 0.505 e. The lowest BCUT2D eigenvalue weighted by Gasteiger charge is -2.15. The molecular weight excluding hydrogens is 318 g/mol. The van der Waals surface area contributed by atoms with Crippen molar-refractivity contribution < 1.29 is 19.8 Å². The maximum Gasteiger partial charge on any atom is 0.322 e. The van der Waals surface area contributed by atoms with E-state index < -0.39 is 18.4 Å². The van der Waals surface area contributed by atoms with Crippen LogP contribution in [0.1, 0.15) is 16.1 Å². The van der Waals surface area contributed by atoms with E-state index in [4.69, 9.17) is 16.7 Å². The van der Waals surface area contributed by atoms with Crippen LogP contribution in [0.5, 0.6) is 5.75 Å². The van der Waals surface area contributed by atoms with Gasteiger partial charge in [0, 0.05) is 16.8 Å². The highest BCUT2D eigenvalue weighted by molar-refractivity contribution is 6.30. The Hall–Kier alpha value is -2.54. The van der Waals surface area contributed by atoms with Crippen molar-refractivity contribution in [2.24, 2.45) is 0 Å². The third kappa shape index (κ3) is 3.81. The zero-order valence-corrected chi connectivity index (χ0v) is 13.3. The van der Waals surface area contributed by atoms with Gasteiger partial charge in [-0.05, 0) is 36.2 Å². The van der Waals surface area contributed by atoms with Gasteiger partial charge in [0.25, 0.3) is 5.91 Å². The number of aromatic hydroxyl groups is 1. The molecule has 2 aromatic rings. The van der Waals surface area contributed by atoms with Gasteiger partial charge in [-0.3, -0.25) is 9.59 Å². The van der Waals surface area contributed by atoms with Crippen molar-refractivity contribution in [2.75, 3.05) is 6.54 Å². The van der Waals surface area contributed by atoms with Crippen molar-refractivity contribution in [3.05, 3.63) is 46.7 Å². The van der Waals surface area contributed by atoms with Crippen molar-refractivity contribution in [3.63, 3.8) is 0 Å². The molecule has 1 amide bonds. The van der Waals surface area contributed by atoms with Crippen LogP contribution in [0, 0.1) is 6.92 Å². The zero-order chi connectivity index (χ0) is 17.1. The van der Waals surface area contributed by atoms with Crippen LogP contribution in [0.2, 0.25) is 5.02 Å². The summed E-state index contributed by atoms with van der Waals surface area (Å²) < 4.78 is 0. The molecule has 23 heavy (non-hydrogen) atoms. The smallest absolute Gasteiger partial charge is 0.322 e. The van der Waals surface area contributed by atoms with E-state index in [0.29, 0.717) is 10.6 Å². The summed E-state index contributed by atoms with van der Waals surface area (Å²) in [4.78, 5) is 27.7. The Labute approximate surface area is 138 Å². The van der Waals surface area contributed by atoms with Gasteiger partial charge in [-0.2, -0.15) is 0 Å². The fraction of sp³-hybridized carbons (Fsp3) is 0.133. The number of benzene rings is 1. The number of carbonyl (C=O) groups excluding carboxylic acids is 1. The number of halogens is 1. The first-order valence-corrected chi connectivity index (χ1v) is 7.10.